The molecule has 0 saturated carbocycles. The minimum Gasteiger partial charge on any atom is -0.497 e. The Hall–Kier alpha value is -1.74. The van der Waals surface area contributed by atoms with Gasteiger partial charge in [0.15, 0.2) is 0 Å². The standard InChI is InChI=1S/C13H11ClO3/c1-16-8-3-4-9-11(7-8)10(13(14)15)5-6-12(9)17-2/h3-7H,1-2H3. The summed E-state index contributed by atoms with van der Waals surface area (Å²) in [5.74, 6) is 1.37. The molecule has 0 aliphatic carbocycles. The minimum absolute atomic E-state index is 0.446. The summed E-state index contributed by atoms with van der Waals surface area (Å²) in [4.78, 5) is 11.3. The average Bonchev–Trinajstić information content (AvgIpc) is 2.36. The van der Waals surface area contributed by atoms with E-state index in [1.807, 2.05) is 12.1 Å². The Balaban J connectivity index is 2.80. The van der Waals surface area contributed by atoms with Gasteiger partial charge in [-0.15, -0.1) is 0 Å². The highest BCUT2D eigenvalue weighted by Crippen LogP contribution is 2.32. The first kappa shape index (κ1) is 11.7. The van der Waals surface area contributed by atoms with Gasteiger partial charge in [0.2, 0.25) is 0 Å². The van der Waals surface area contributed by atoms with Gasteiger partial charge in [-0.25, -0.2) is 0 Å². The molecule has 0 heterocycles. The third kappa shape index (κ3) is 2.06. The first-order valence-electron chi connectivity index (χ1n) is 5.02. The Kier molecular flexibility index (Phi) is 3.20. The van der Waals surface area contributed by atoms with Gasteiger partial charge in [-0.1, -0.05) is 0 Å². The fourth-order valence-corrected chi connectivity index (χ4v) is 1.94. The van der Waals surface area contributed by atoms with Crippen molar-refractivity contribution in [3.05, 3.63) is 35.9 Å². The van der Waals surface area contributed by atoms with Crippen LogP contribution in [0.1, 0.15) is 10.4 Å². The van der Waals surface area contributed by atoms with Crippen LogP contribution >= 0.6 is 11.6 Å². The SMILES string of the molecule is COc1ccc2c(OC)ccc(C(=O)Cl)c2c1. The number of methoxy groups -OCH3 is 2. The van der Waals surface area contributed by atoms with Crippen LogP contribution in [0.4, 0.5) is 0 Å². The second-order valence-corrected chi connectivity index (χ2v) is 3.84. The van der Waals surface area contributed by atoms with Crippen molar-refractivity contribution >= 4 is 27.6 Å². The maximum Gasteiger partial charge on any atom is 0.253 e. The maximum atomic E-state index is 11.3. The van der Waals surface area contributed by atoms with Crippen molar-refractivity contribution in [3.63, 3.8) is 0 Å². The topological polar surface area (TPSA) is 35.5 Å². The number of benzene rings is 2. The molecule has 0 saturated heterocycles. The summed E-state index contributed by atoms with van der Waals surface area (Å²) < 4.78 is 10.4. The van der Waals surface area contributed by atoms with Crippen LogP contribution in [0.2, 0.25) is 0 Å². The molecule has 0 unspecified atom stereocenters. The number of hydrogen-bond acceptors (Lipinski definition) is 3. The van der Waals surface area contributed by atoms with Crippen LogP contribution in [0.5, 0.6) is 11.5 Å². The second-order valence-electron chi connectivity index (χ2n) is 3.50. The van der Waals surface area contributed by atoms with E-state index >= 15 is 0 Å². The number of rotatable bonds is 3. The van der Waals surface area contributed by atoms with Crippen molar-refractivity contribution in [1.29, 1.82) is 0 Å². The summed E-state index contributed by atoms with van der Waals surface area (Å²) in [5.41, 5.74) is 0.446. The Morgan fingerprint density at radius 2 is 1.82 bits per heavy atom. The van der Waals surface area contributed by atoms with Gasteiger partial charge in [0.05, 0.1) is 14.2 Å². The van der Waals surface area contributed by atoms with E-state index in [1.54, 1.807) is 32.4 Å². The number of fused-ring (bicyclic) bond motifs is 1. The minimum atomic E-state index is -0.495. The van der Waals surface area contributed by atoms with Crippen molar-refractivity contribution < 1.29 is 14.3 Å². The number of carbonyl (C=O) groups excluding carboxylic acids is 1. The summed E-state index contributed by atoms with van der Waals surface area (Å²) in [6, 6.07) is 8.80. The van der Waals surface area contributed by atoms with Gasteiger partial charge >= 0.3 is 0 Å². The van der Waals surface area contributed by atoms with Crippen molar-refractivity contribution in [1.82, 2.24) is 0 Å². The molecular formula is C13H11ClO3. The molecule has 0 N–H and O–H groups in total. The van der Waals surface area contributed by atoms with Gasteiger partial charge in [0, 0.05) is 16.3 Å². The lowest BCUT2D eigenvalue weighted by molar-refractivity contribution is 0.108. The zero-order chi connectivity index (χ0) is 12.4. The van der Waals surface area contributed by atoms with Gasteiger partial charge in [-0.3, -0.25) is 4.79 Å². The molecule has 2 aromatic carbocycles. The van der Waals surface area contributed by atoms with E-state index in [0.717, 1.165) is 10.8 Å². The molecule has 0 spiro atoms. The third-order valence-corrected chi connectivity index (χ3v) is 2.82. The van der Waals surface area contributed by atoms with Crippen molar-refractivity contribution in [2.24, 2.45) is 0 Å². The predicted octanol–water partition coefficient (Wildman–Crippen LogP) is 3.24. The van der Waals surface area contributed by atoms with E-state index in [9.17, 15) is 4.79 Å². The third-order valence-electron chi connectivity index (χ3n) is 2.62. The number of ether oxygens (including phenoxy) is 2. The van der Waals surface area contributed by atoms with Crippen molar-refractivity contribution in [2.75, 3.05) is 14.2 Å². The molecule has 0 radical (unpaired) electrons. The Morgan fingerprint density at radius 1 is 1.06 bits per heavy atom. The first-order valence-corrected chi connectivity index (χ1v) is 5.39. The Bertz CT molecular complexity index is 578. The molecular weight excluding hydrogens is 240 g/mol. The van der Waals surface area contributed by atoms with Gasteiger partial charge in [0.1, 0.15) is 11.5 Å². The molecule has 0 aliphatic rings. The Labute approximate surface area is 104 Å². The molecule has 0 fully saturated rings. The maximum absolute atomic E-state index is 11.3. The highest BCUT2D eigenvalue weighted by molar-refractivity contribution is 6.68. The van der Waals surface area contributed by atoms with Crippen molar-refractivity contribution in [2.45, 2.75) is 0 Å². The summed E-state index contributed by atoms with van der Waals surface area (Å²) in [5, 5.41) is 1.06. The van der Waals surface area contributed by atoms with Gasteiger partial charge < -0.3 is 9.47 Å². The normalized spacial score (nSPS) is 10.3. The van der Waals surface area contributed by atoms with E-state index in [0.29, 0.717) is 17.1 Å². The Morgan fingerprint density at radius 3 is 2.41 bits per heavy atom. The van der Waals surface area contributed by atoms with Crippen LogP contribution in [0.15, 0.2) is 30.3 Å². The van der Waals surface area contributed by atoms with Gasteiger partial charge in [0.25, 0.3) is 5.24 Å². The summed E-state index contributed by atoms with van der Waals surface area (Å²) >= 11 is 5.55. The monoisotopic (exact) mass is 250 g/mol. The molecule has 0 atom stereocenters. The molecule has 4 heteroatoms. The van der Waals surface area contributed by atoms with E-state index < -0.39 is 5.24 Å². The average molecular weight is 251 g/mol. The van der Waals surface area contributed by atoms with Crippen LogP contribution in [-0.2, 0) is 0 Å². The van der Waals surface area contributed by atoms with E-state index in [4.69, 9.17) is 21.1 Å². The van der Waals surface area contributed by atoms with Gasteiger partial charge in [-0.2, -0.15) is 0 Å². The van der Waals surface area contributed by atoms with Crippen LogP contribution in [0.25, 0.3) is 10.8 Å². The number of halogens is 1. The fraction of sp³-hybridized carbons (Fsp3) is 0.154. The number of hydrogen-bond donors (Lipinski definition) is 0. The summed E-state index contributed by atoms with van der Waals surface area (Å²) in [6.45, 7) is 0. The smallest absolute Gasteiger partial charge is 0.253 e. The molecule has 0 amide bonds. The zero-order valence-corrected chi connectivity index (χ0v) is 10.2. The van der Waals surface area contributed by atoms with Gasteiger partial charge in [-0.05, 0) is 41.9 Å². The number of carbonyl (C=O) groups is 1. The van der Waals surface area contributed by atoms with Crippen LogP contribution in [-0.4, -0.2) is 19.5 Å². The molecule has 2 aromatic rings. The molecule has 0 bridgehead atoms. The van der Waals surface area contributed by atoms with E-state index in [1.165, 1.54) is 0 Å². The second kappa shape index (κ2) is 4.63. The summed E-state index contributed by atoms with van der Waals surface area (Å²) in [7, 11) is 3.16. The van der Waals surface area contributed by atoms with Crippen LogP contribution < -0.4 is 9.47 Å². The molecule has 88 valence electrons. The molecule has 3 nitrogen and oxygen atoms in total. The summed E-state index contributed by atoms with van der Waals surface area (Å²) in [6.07, 6.45) is 0. The molecule has 0 aromatic heterocycles. The fourth-order valence-electron chi connectivity index (χ4n) is 1.78. The molecule has 17 heavy (non-hydrogen) atoms. The largest absolute Gasteiger partial charge is 0.497 e. The van der Waals surface area contributed by atoms with Crippen molar-refractivity contribution in [3.8, 4) is 11.5 Å². The van der Waals surface area contributed by atoms with E-state index in [-0.39, 0.29) is 0 Å². The molecule has 0 aliphatic heterocycles. The first-order chi connectivity index (χ1) is 8.17. The predicted molar refractivity (Wildman–Crippen MR) is 67.2 cm³/mol. The molecule has 2 rings (SSSR count). The highest BCUT2D eigenvalue weighted by Gasteiger charge is 2.11. The lowest BCUT2D eigenvalue weighted by Gasteiger charge is -2.09. The quantitative estimate of drug-likeness (QED) is 0.785. The van der Waals surface area contributed by atoms with E-state index in [2.05, 4.69) is 0 Å². The highest BCUT2D eigenvalue weighted by atomic mass is 35.5. The van der Waals surface area contributed by atoms with Crippen LogP contribution in [0, 0.1) is 0 Å². The lowest BCUT2D eigenvalue weighted by Crippen LogP contribution is -1.94. The zero-order valence-electron chi connectivity index (χ0n) is 9.49. The lowest BCUT2D eigenvalue weighted by atomic mass is 10.0. The van der Waals surface area contributed by atoms with Crippen LogP contribution in [0.3, 0.4) is 0 Å².